The first-order valence-corrected chi connectivity index (χ1v) is 7.39. The van der Waals surface area contributed by atoms with Crippen molar-refractivity contribution in [3.63, 3.8) is 0 Å². The lowest BCUT2D eigenvalue weighted by Crippen LogP contribution is -2.24. The molecule has 0 saturated heterocycles. The summed E-state index contributed by atoms with van der Waals surface area (Å²) in [5.41, 5.74) is 2.20. The van der Waals surface area contributed by atoms with Gasteiger partial charge in [0.05, 0.1) is 11.6 Å². The minimum atomic E-state index is -0.321. The molecular formula is C18H25NO. The molecule has 1 aromatic heterocycles. The Kier molecular flexibility index (Phi) is 4.44. The molecule has 2 heteroatoms. The highest BCUT2D eigenvalue weighted by molar-refractivity contribution is 5.78. The number of hydrogen-bond acceptors (Lipinski definition) is 2. The third-order valence-corrected chi connectivity index (χ3v) is 4.20. The van der Waals surface area contributed by atoms with E-state index < -0.39 is 0 Å². The third-order valence-electron chi connectivity index (χ3n) is 4.20. The average Bonchev–Trinajstić information content (AvgIpc) is 2.37. The SMILES string of the molecule is CC(CC(O)Cc1ccc2ccccc2n1)C(C)(C)C. The largest absolute Gasteiger partial charge is 0.393 e. The number of aromatic nitrogens is 1. The number of para-hydroxylation sites is 1. The number of rotatable bonds is 4. The molecule has 1 aromatic carbocycles. The van der Waals surface area contributed by atoms with Gasteiger partial charge in [0.25, 0.3) is 0 Å². The van der Waals surface area contributed by atoms with E-state index in [1.54, 1.807) is 0 Å². The highest BCUT2D eigenvalue weighted by Gasteiger charge is 2.23. The van der Waals surface area contributed by atoms with Crippen molar-refractivity contribution in [2.24, 2.45) is 11.3 Å². The molecule has 0 amide bonds. The highest BCUT2D eigenvalue weighted by Crippen LogP contribution is 2.29. The van der Waals surface area contributed by atoms with Gasteiger partial charge in [0.15, 0.2) is 0 Å². The molecule has 2 rings (SSSR count). The summed E-state index contributed by atoms with van der Waals surface area (Å²) in [6, 6.07) is 12.2. The van der Waals surface area contributed by atoms with Gasteiger partial charge >= 0.3 is 0 Å². The van der Waals surface area contributed by atoms with Gasteiger partial charge in [-0.3, -0.25) is 4.98 Å². The summed E-state index contributed by atoms with van der Waals surface area (Å²) in [5.74, 6) is 0.484. The van der Waals surface area contributed by atoms with Crippen molar-refractivity contribution in [3.05, 3.63) is 42.1 Å². The van der Waals surface area contributed by atoms with Gasteiger partial charge in [-0.15, -0.1) is 0 Å². The molecule has 1 heterocycles. The van der Waals surface area contributed by atoms with Gasteiger partial charge in [-0.05, 0) is 29.9 Å². The van der Waals surface area contributed by atoms with E-state index in [4.69, 9.17) is 0 Å². The predicted octanol–water partition coefficient (Wildman–Crippen LogP) is 4.21. The predicted molar refractivity (Wildman–Crippen MR) is 84.7 cm³/mol. The maximum absolute atomic E-state index is 10.3. The summed E-state index contributed by atoms with van der Waals surface area (Å²) < 4.78 is 0. The van der Waals surface area contributed by atoms with E-state index >= 15 is 0 Å². The second kappa shape index (κ2) is 5.92. The van der Waals surface area contributed by atoms with E-state index in [-0.39, 0.29) is 11.5 Å². The molecule has 0 spiro atoms. The minimum Gasteiger partial charge on any atom is -0.393 e. The molecule has 0 aliphatic carbocycles. The van der Waals surface area contributed by atoms with Crippen LogP contribution in [0.1, 0.15) is 39.8 Å². The van der Waals surface area contributed by atoms with Crippen LogP contribution in [0.2, 0.25) is 0 Å². The van der Waals surface area contributed by atoms with Crippen LogP contribution >= 0.6 is 0 Å². The number of fused-ring (bicyclic) bond motifs is 1. The van der Waals surface area contributed by atoms with Crippen LogP contribution in [0.15, 0.2) is 36.4 Å². The molecule has 1 N–H and O–H groups in total. The zero-order valence-corrected chi connectivity index (χ0v) is 12.9. The second-order valence-corrected chi connectivity index (χ2v) is 6.86. The van der Waals surface area contributed by atoms with Gasteiger partial charge in [0.1, 0.15) is 0 Å². The Morgan fingerprint density at radius 3 is 2.50 bits per heavy atom. The highest BCUT2D eigenvalue weighted by atomic mass is 16.3. The standard InChI is InChI=1S/C18H25NO/c1-13(18(2,3)4)11-16(20)12-15-10-9-14-7-5-6-8-17(14)19-15/h5-10,13,16,20H,11-12H2,1-4H3. The van der Waals surface area contributed by atoms with Crippen LogP contribution in [0.4, 0.5) is 0 Å². The Labute approximate surface area is 121 Å². The van der Waals surface area contributed by atoms with Gasteiger partial charge in [-0.1, -0.05) is 52.0 Å². The molecular weight excluding hydrogens is 246 g/mol. The van der Waals surface area contributed by atoms with Crippen molar-refractivity contribution in [1.82, 2.24) is 4.98 Å². The molecule has 2 nitrogen and oxygen atoms in total. The van der Waals surface area contributed by atoms with E-state index in [0.717, 1.165) is 23.0 Å². The molecule has 0 saturated carbocycles. The molecule has 20 heavy (non-hydrogen) atoms. The number of hydrogen-bond donors (Lipinski definition) is 1. The molecule has 0 aliphatic rings. The number of benzene rings is 1. The number of aliphatic hydroxyl groups is 1. The first-order valence-electron chi connectivity index (χ1n) is 7.39. The Hall–Kier alpha value is -1.41. The zero-order chi connectivity index (χ0) is 14.8. The first-order chi connectivity index (χ1) is 9.36. The van der Waals surface area contributed by atoms with Gasteiger partial charge in [0.2, 0.25) is 0 Å². The van der Waals surface area contributed by atoms with Crippen molar-refractivity contribution in [1.29, 1.82) is 0 Å². The fourth-order valence-electron chi connectivity index (χ4n) is 2.31. The normalized spacial score (nSPS) is 15.2. The maximum atomic E-state index is 10.3. The summed E-state index contributed by atoms with van der Waals surface area (Å²) in [5, 5.41) is 11.4. The minimum absolute atomic E-state index is 0.234. The van der Waals surface area contributed by atoms with E-state index in [9.17, 15) is 5.11 Å². The summed E-state index contributed by atoms with van der Waals surface area (Å²) >= 11 is 0. The summed E-state index contributed by atoms with van der Waals surface area (Å²) in [4.78, 5) is 4.62. The Balaban J connectivity index is 2.04. The van der Waals surface area contributed by atoms with Crippen LogP contribution in [-0.2, 0) is 6.42 Å². The van der Waals surface area contributed by atoms with Crippen LogP contribution in [0.25, 0.3) is 10.9 Å². The lowest BCUT2D eigenvalue weighted by Gasteiger charge is -2.29. The van der Waals surface area contributed by atoms with Crippen LogP contribution in [-0.4, -0.2) is 16.2 Å². The number of pyridine rings is 1. The summed E-state index contributed by atoms with van der Waals surface area (Å²) in [7, 11) is 0. The van der Waals surface area contributed by atoms with E-state index in [1.807, 2.05) is 24.3 Å². The fraction of sp³-hybridized carbons (Fsp3) is 0.500. The number of nitrogens with zero attached hydrogens (tertiary/aromatic N) is 1. The molecule has 2 aromatic rings. The Bertz CT molecular complexity index is 571. The van der Waals surface area contributed by atoms with Gasteiger partial charge in [-0.25, -0.2) is 0 Å². The Morgan fingerprint density at radius 2 is 1.80 bits per heavy atom. The lowest BCUT2D eigenvalue weighted by atomic mass is 9.78. The van der Waals surface area contributed by atoms with Gasteiger partial charge < -0.3 is 5.11 Å². The smallest absolute Gasteiger partial charge is 0.0705 e. The van der Waals surface area contributed by atoms with Crippen molar-refractivity contribution in [3.8, 4) is 0 Å². The van der Waals surface area contributed by atoms with E-state index in [0.29, 0.717) is 12.3 Å². The quantitative estimate of drug-likeness (QED) is 0.903. The fourth-order valence-corrected chi connectivity index (χ4v) is 2.31. The molecule has 0 aliphatic heterocycles. The first kappa shape index (κ1) is 15.0. The number of aliphatic hydroxyl groups excluding tert-OH is 1. The lowest BCUT2D eigenvalue weighted by molar-refractivity contribution is 0.109. The molecule has 2 atom stereocenters. The van der Waals surface area contributed by atoms with Gasteiger partial charge in [0, 0.05) is 17.5 Å². The van der Waals surface area contributed by atoms with Crippen LogP contribution in [0, 0.1) is 11.3 Å². The molecule has 108 valence electrons. The van der Waals surface area contributed by atoms with E-state index in [1.165, 1.54) is 0 Å². The summed E-state index contributed by atoms with van der Waals surface area (Å²) in [6.45, 7) is 8.87. The van der Waals surface area contributed by atoms with Crippen LogP contribution < -0.4 is 0 Å². The third kappa shape index (κ3) is 3.80. The van der Waals surface area contributed by atoms with Crippen molar-refractivity contribution in [2.75, 3.05) is 0 Å². The topological polar surface area (TPSA) is 33.1 Å². The van der Waals surface area contributed by atoms with Crippen LogP contribution in [0.5, 0.6) is 0 Å². The molecule has 2 unspecified atom stereocenters. The summed E-state index contributed by atoms with van der Waals surface area (Å²) in [6.07, 6.45) is 1.13. The maximum Gasteiger partial charge on any atom is 0.0705 e. The van der Waals surface area contributed by atoms with Crippen LogP contribution in [0.3, 0.4) is 0 Å². The van der Waals surface area contributed by atoms with Crippen molar-refractivity contribution in [2.45, 2.75) is 46.6 Å². The monoisotopic (exact) mass is 271 g/mol. The molecule has 0 radical (unpaired) electrons. The average molecular weight is 271 g/mol. The molecule has 0 fully saturated rings. The zero-order valence-electron chi connectivity index (χ0n) is 12.9. The van der Waals surface area contributed by atoms with Gasteiger partial charge in [-0.2, -0.15) is 0 Å². The second-order valence-electron chi connectivity index (χ2n) is 6.86. The van der Waals surface area contributed by atoms with Crippen molar-refractivity contribution >= 4 is 10.9 Å². The van der Waals surface area contributed by atoms with Crippen molar-refractivity contribution < 1.29 is 5.11 Å². The molecule has 0 bridgehead atoms. The Morgan fingerprint density at radius 1 is 1.10 bits per heavy atom. The van der Waals surface area contributed by atoms with E-state index in [2.05, 4.69) is 44.8 Å².